The Hall–Kier alpha value is 0.370. The van der Waals surface area contributed by atoms with Crippen molar-refractivity contribution in [2.45, 2.75) is 80.6 Å². The van der Waals surface area contributed by atoms with Crippen molar-refractivity contribution in [2.75, 3.05) is 32.6 Å². The number of hydrogen-bond acceptors (Lipinski definition) is 7. The molecule has 3 unspecified atom stereocenters. The Morgan fingerprint density at radius 3 is 1.32 bits per heavy atom. The maximum Gasteiger partial charge on any atom is 0.472 e. The van der Waals surface area contributed by atoms with E-state index >= 15 is 0 Å². The predicted octanol–water partition coefficient (Wildman–Crippen LogP) is 5.48. The number of phosphoric ester groups is 2. The maximum atomic E-state index is 12.6. The standard InChI is InChI=1S/C20H45O11P3/c1-8-18(5,9-2)14-28-32(21,22)13-12-20(7,16-29-33(23,24)25)17-31-34(26,27)30-15-19(6,10-3)11-4/h8-17H2,1-7H3,(H,21,22)(H,26,27)(H2,23,24,25). The first-order chi connectivity index (χ1) is 15.3. The van der Waals surface area contributed by atoms with Crippen molar-refractivity contribution in [3.63, 3.8) is 0 Å². The second kappa shape index (κ2) is 13.8. The monoisotopic (exact) mass is 554 g/mol. The molecule has 206 valence electrons. The van der Waals surface area contributed by atoms with Crippen molar-refractivity contribution >= 4 is 23.2 Å². The molecule has 0 bridgehead atoms. The molecule has 34 heavy (non-hydrogen) atoms. The van der Waals surface area contributed by atoms with Crippen LogP contribution in [-0.4, -0.2) is 52.2 Å². The fourth-order valence-corrected chi connectivity index (χ4v) is 5.55. The summed E-state index contributed by atoms with van der Waals surface area (Å²) in [5, 5.41) is 0. The molecule has 0 aromatic rings. The molecule has 0 saturated heterocycles. The lowest BCUT2D eigenvalue weighted by Gasteiger charge is -2.32. The van der Waals surface area contributed by atoms with E-state index in [4.69, 9.17) is 23.4 Å². The van der Waals surface area contributed by atoms with E-state index in [1.165, 1.54) is 6.92 Å². The van der Waals surface area contributed by atoms with Gasteiger partial charge in [0.1, 0.15) is 0 Å². The summed E-state index contributed by atoms with van der Waals surface area (Å²) < 4.78 is 56.3. The first-order valence-corrected chi connectivity index (χ1v) is 16.3. The molecule has 0 aliphatic rings. The van der Waals surface area contributed by atoms with Gasteiger partial charge in [-0.2, -0.15) is 0 Å². The van der Waals surface area contributed by atoms with E-state index in [9.17, 15) is 23.5 Å². The predicted molar refractivity (Wildman–Crippen MR) is 130 cm³/mol. The average Bonchev–Trinajstić information content (AvgIpc) is 2.77. The van der Waals surface area contributed by atoms with Crippen LogP contribution in [0.15, 0.2) is 0 Å². The van der Waals surface area contributed by atoms with Gasteiger partial charge in [0.15, 0.2) is 0 Å². The van der Waals surface area contributed by atoms with Crippen LogP contribution in [0.5, 0.6) is 0 Å². The maximum absolute atomic E-state index is 12.6. The van der Waals surface area contributed by atoms with Crippen molar-refractivity contribution in [3.8, 4) is 0 Å². The highest BCUT2D eigenvalue weighted by Gasteiger charge is 2.37. The zero-order valence-electron chi connectivity index (χ0n) is 21.6. The van der Waals surface area contributed by atoms with Crippen molar-refractivity contribution in [2.24, 2.45) is 16.2 Å². The van der Waals surface area contributed by atoms with Crippen LogP contribution in [0.25, 0.3) is 0 Å². The van der Waals surface area contributed by atoms with E-state index in [0.29, 0.717) is 0 Å². The second-order valence-electron chi connectivity index (χ2n) is 10.0. The summed E-state index contributed by atoms with van der Waals surface area (Å²) in [7, 11) is -13.4. The second-order valence-corrected chi connectivity index (χ2v) is 14.7. The summed E-state index contributed by atoms with van der Waals surface area (Å²) in [6.07, 6.45) is 2.47. The smallest absolute Gasteiger partial charge is 0.324 e. The molecule has 0 spiro atoms. The zero-order chi connectivity index (χ0) is 26.9. The first-order valence-electron chi connectivity index (χ1n) is 11.6. The first kappa shape index (κ1) is 34.4. The molecule has 0 aliphatic carbocycles. The summed E-state index contributed by atoms with van der Waals surface area (Å²) in [4.78, 5) is 38.6. The fourth-order valence-electron chi connectivity index (χ4n) is 2.58. The Bertz CT molecular complexity index is 698. The van der Waals surface area contributed by atoms with Crippen molar-refractivity contribution < 1.29 is 51.4 Å². The highest BCUT2D eigenvalue weighted by molar-refractivity contribution is 7.52. The Balaban J connectivity index is 5.28. The van der Waals surface area contributed by atoms with Gasteiger partial charge in [0.2, 0.25) is 0 Å². The average molecular weight is 554 g/mol. The van der Waals surface area contributed by atoms with E-state index in [-0.39, 0.29) is 36.6 Å². The summed E-state index contributed by atoms with van der Waals surface area (Å²) in [6, 6.07) is 0. The Morgan fingerprint density at radius 1 is 0.588 bits per heavy atom. The van der Waals surface area contributed by atoms with Gasteiger partial charge in [-0.15, -0.1) is 0 Å². The van der Waals surface area contributed by atoms with Crippen LogP contribution < -0.4 is 0 Å². The Morgan fingerprint density at radius 2 is 0.941 bits per heavy atom. The van der Waals surface area contributed by atoms with Gasteiger partial charge in [-0.1, -0.05) is 48.5 Å². The normalized spacial score (nSPS) is 18.8. The zero-order valence-corrected chi connectivity index (χ0v) is 24.2. The lowest BCUT2D eigenvalue weighted by molar-refractivity contribution is 0.0377. The van der Waals surface area contributed by atoms with Gasteiger partial charge in [-0.3, -0.25) is 18.1 Å². The Kier molecular flexibility index (Phi) is 13.9. The minimum Gasteiger partial charge on any atom is -0.324 e. The van der Waals surface area contributed by atoms with Crippen molar-refractivity contribution in [1.82, 2.24) is 0 Å². The molecule has 0 rings (SSSR count). The van der Waals surface area contributed by atoms with Gasteiger partial charge in [-0.25, -0.2) is 9.13 Å². The molecule has 0 heterocycles. The van der Waals surface area contributed by atoms with Crippen molar-refractivity contribution in [3.05, 3.63) is 0 Å². The van der Waals surface area contributed by atoms with E-state index in [0.717, 1.165) is 25.7 Å². The molecule has 4 N–H and O–H groups in total. The topological polar surface area (TPSA) is 169 Å². The van der Waals surface area contributed by atoms with Crippen molar-refractivity contribution in [1.29, 1.82) is 0 Å². The number of rotatable bonds is 19. The molecule has 0 saturated carbocycles. The minimum absolute atomic E-state index is 0.0171. The van der Waals surface area contributed by atoms with Gasteiger partial charge in [-0.05, 0) is 42.9 Å². The third-order valence-electron chi connectivity index (χ3n) is 6.76. The molecule has 0 fully saturated rings. The van der Waals surface area contributed by atoms with Gasteiger partial charge < -0.3 is 24.1 Å². The molecule has 0 aromatic heterocycles. The quantitative estimate of drug-likeness (QED) is 0.149. The molecular weight excluding hydrogens is 509 g/mol. The van der Waals surface area contributed by atoms with E-state index in [1.807, 2.05) is 41.5 Å². The molecule has 14 heteroatoms. The third-order valence-corrected chi connectivity index (χ3v) is 9.46. The van der Waals surface area contributed by atoms with E-state index in [2.05, 4.69) is 4.52 Å². The lowest BCUT2D eigenvalue weighted by Crippen LogP contribution is -2.30. The SMILES string of the molecule is CCC(C)(CC)COP(=O)(O)CCC(C)(COP(=O)(O)O)COP(=O)(O)OCC(C)(CC)CC. The van der Waals surface area contributed by atoms with Crippen LogP contribution in [0.4, 0.5) is 0 Å². The van der Waals surface area contributed by atoms with Crippen LogP contribution in [0, 0.1) is 16.2 Å². The minimum atomic E-state index is -4.86. The lowest BCUT2D eigenvalue weighted by atomic mass is 9.86. The van der Waals surface area contributed by atoms with Crippen LogP contribution in [0.1, 0.15) is 80.6 Å². The van der Waals surface area contributed by atoms with Crippen LogP contribution in [0.3, 0.4) is 0 Å². The summed E-state index contributed by atoms with van der Waals surface area (Å²) >= 11 is 0. The van der Waals surface area contributed by atoms with E-state index in [1.54, 1.807) is 0 Å². The highest BCUT2D eigenvalue weighted by atomic mass is 31.2. The Labute approximate surface area is 204 Å². The molecule has 0 aliphatic heterocycles. The van der Waals surface area contributed by atoms with Gasteiger partial charge in [0, 0.05) is 5.41 Å². The van der Waals surface area contributed by atoms with Crippen LogP contribution >= 0.6 is 23.2 Å². The van der Waals surface area contributed by atoms with Crippen LogP contribution in [0.2, 0.25) is 0 Å². The molecular formula is C20H45O11P3. The molecule has 0 aromatic carbocycles. The number of phosphoric acid groups is 2. The fraction of sp³-hybridized carbons (Fsp3) is 1.00. The third kappa shape index (κ3) is 14.2. The summed E-state index contributed by atoms with van der Waals surface area (Å²) in [5.74, 6) is 0. The van der Waals surface area contributed by atoms with Gasteiger partial charge in [0.25, 0.3) is 0 Å². The molecule has 0 amide bonds. The molecule has 3 atom stereocenters. The largest absolute Gasteiger partial charge is 0.472 e. The number of hydrogen-bond donors (Lipinski definition) is 4. The summed E-state index contributed by atoms with van der Waals surface area (Å²) in [5.41, 5.74) is -1.87. The van der Waals surface area contributed by atoms with Gasteiger partial charge >= 0.3 is 23.2 Å². The highest BCUT2D eigenvalue weighted by Crippen LogP contribution is 2.51. The molecule has 0 radical (unpaired) electrons. The van der Waals surface area contributed by atoms with Gasteiger partial charge in [0.05, 0.1) is 32.6 Å². The van der Waals surface area contributed by atoms with Crippen LogP contribution in [-0.2, 0) is 31.8 Å². The summed E-state index contributed by atoms with van der Waals surface area (Å²) in [6.45, 7) is 12.1. The molecule has 11 nitrogen and oxygen atoms in total. The van der Waals surface area contributed by atoms with E-state index < -0.39 is 41.9 Å².